The number of rotatable bonds is 6. The minimum atomic E-state index is -0.501. The van der Waals surface area contributed by atoms with Crippen LogP contribution in [-0.2, 0) is 11.3 Å². The Balaban J connectivity index is 1.52. The molecule has 6 nitrogen and oxygen atoms in total. The largest absolute Gasteiger partial charge is 0.493 e. The maximum absolute atomic E-state index is 12.8. The Morgan fingerprint density at radius 3 is 2.50 bits per heavy atom. The molecular weight excluding hydrogens is 589 g/mol. The molecule has 0 atom stereocenters. The zero-order valence-electron chi connectivity index (χ0n) is 17.8. The Hall–Kier alpha value is -2.82. The van der Waals surface area contributed by atoms with Crippen molar-refractivity contribution in [2.24, 2.45) is 0 Å². The number of hydrogen-bond donors (Lipinski definition) is 0. The molecule has 0 aromatic heterocycles. The number of methoxy groups -OCH3 is 1. The standard InChI is InChI=1S/C25H17ClINO5S/c1-32-21-12-16(8-11-20(21)33-24(30)18-4-2-3-5-19(18)27)13-22-23(29)28(25(31)34-22)14-15-6-9-17(26)10-7-15/h2-13H,14H2,1H3/b22-13-. The summed E-state index contributed by atoms with van der Waals surface area (Å²) in [7, 11) is 1.46. The molecule has 0 N–H and O–H groups in total. The smallest absolute Gasteiger partial charge is 0.344 e. The van der Waals surface area contributed by atoms with Gasteiger partial charge in [0.15, 0.2) is 11.5 Å². The fourth-order valence-corrected chi connectivity index (χ4v) is 4.77. The first-order chi connectivity index (χ1) is 16.4. The number of esters is 1. The van der Waals surface area contributed by atoms with Gasteiger partial charge in [0, 0.05) is 8.59 Å². The second-order valence-corrected chi connectivity index (χ2v) is 9.77. The van der Waals surface area contributed by atoms with Crippen molar-refractivity contribution in [3.63, 3.8) is 0 Å². The number of ether oxygens (including phenoxy) is 2. The van der Waals surface area contributed by atoms with E-state index in [1.807, 2.05) is 12.1 Å². The van der Waals surface area contributed by atoms with E-state index in [-0.39, 0.29) is 23.4 Å². The van der Waals surface area contributed by atoms with Gasteiger partial charge in [-0.3, -0.25) is 14.5 Å². The van der Waals surface area contributed by atoms with E-state index in [9.17, 15) is 14.4 Å². The fraction of sp³-hybridized carbons (Fsp3) is 0.0800. The van der Waals surface area contributed by atoms with E-state index in [1.54, 1.807) is 60.7 Å². The number of nitrogens with zero attached hydrogens (tertiary/aromatic N) is 1. The minimum absolute atomic E-state index is 0.162. The van der Waals surface area contributed by atoms with Gasteiger partial charge >= 0.3 is 5.97 Å². The van der Waals surface area contributed by atoms with Crippen LogP contribution in [0.25, 0.3) is 6.08 Å². The number of thioether (sulfide) groups is 1. The molecule has 1 aliphatic heterocycles. The molecule has 1 saturated heterocycles. The van der Waals surface area contributed by atoms with Crippen LogP contribution in [-0.4, -0.2) is 29.1 Å². The molecule has 0 aliphatic carbocycles. The summed E-state index contributed by atoms with van der Waals surface area (Å²) in [5, 5.41) is 0.237. The monoisotopic (exact) mass is 605 g/mol. The third-order valence-corrected chi connectivity index (χ3v) is 7.01. The van der Waals surface area contributed by atoms with Gasteiger partial charge in [0.2, 0.25) is 0 Å². The Labute approximate surface area is 219 Å². The van der Waals surface area contributed by atoms with Crippen LogP contribution in [0.15, 0.2) is 71.6 Å². The maximum Gasteiger partial charge on any atom is 0.344 e. The first-order valence-corrected chi connectivity index (χ1v) is 12.3. The van der Waals surface area contributed by atoms with E-state index in [0.717, 1.165) is 20.9 Å². The fourth-order valence-electron chi connectivity index (χ4n) is 3.20. The van der Waals surface area contributed by atoms with Crippen molar-refractivity contribution in [2.75, 3.05) is 7.11 Å². The van der Waals surface area contributed by atoms with Gasteiger partial charge in [-0.25, -0.2) is 4.79 Å². The molecule has 34 heavy (non-hydrogen) atoms. The SMILES string of the molecule is COc1cc(/C=C2\SC(=O)N(Cc3ccc(Cl)cc3)C2=O)ccc1OC(=O)c1ccccc1I. The van der Waals surface area contributed by atoms with Crippen LogP contribution in [0.3, 0.4) is 0 Å². The molecule has 2 amide bonds. The average molecular weight is 606 g/mol. The summed E-state index contributed by atoms with van der Waals surface area (Å²) in [5.41, 5.74) is 1.88. The number of carbonyl (C=O) groups is 3. The van der Waals surface area contributed by atoms with E-state index in [4.69, 9.17) is 21.1 Å². The Morgan fingerprint density at radius 1 is 1.06 bits per heavy atom. The van der Waals surface area contributed by atoms with Crippen molar-refractivity contribution in [3.8, 4) is 11.5 Å². The predicted molar refractivity (Wildman–Crippen MR) is 140 cm³/mol. The van der Waals surface area contributed by atoms with Crippen LogP contribution in [0.2, 0.25) is 5.02 Å². The number of amides is 2. The summed E-state index contributed by atoms with van der Waals surface area (Å²) in [4.78, 5) is 39.3. The highest BCUT2D eigenvalue weighted by Crippen LogP contribution is 2.35. The molecule has 0 radical (unpaired) electrons. The first kappa shape index (κ1) is 24.3. The van der Waals surface area contributed by atoms with Gasteiger partial charge < -0.3 is 9.47 Å². The summed E-state index contributed by atoms with van der Waals surface area (Å²) >= 11 is 8.84. The van der Waals surface area contributed by atoms with Gasteiger partial charge in [0.05, 0.1) is 24.1 Å². The Bertz CT molecular complexity index is 1310. The second-order valence-electron chi connectivity index (χ2n) is 7.17. The number of benzene rings is 3. The topological polar surface area (TPSA) is 72.9 Å². The Morgan fingerprint density at radius 2 is 1.79 bits per heavy atom. The van der Waals surface area contributed by atoms with Crippen molar-refractivity contribution < 1.29 is 23.9 Å². The number of halogens is 2. The number of carbonyl (C=O) groups excluding carboxylic acids is 3. The summed E-state index contributed by atoms with van der Waals surface area (Å²) in [6.45, 7) is 0.162. The predicted octanol–water partition coefficient (Wildman–Crippen LogP) is 6.41. The molecule has 4 rings (SSSR count). The molecule has 1 heterocycles. The molecule has 9 heteroatoms. The summed E-state index contributed by atoms with van der Waals surface area (Å²) in [6.07, 6.45) is 1.61. The highest BCUT2D eigenvalue weighted by Gasteiger charge is 2.35. The molecule has 0 bridgehead atoms. The molecule has 1 fully saturated rings. The highest BCUT2D eigenvalue weighted by molar-refractivity contribution is 14.1. The average Bonchev–Trinajstić information content (AvgIpc) is 3.08. The third-order valence-electron chi connectivity index (χ3n) is 4.91. The van der Waals surface area contributed by atoms with Crippen LogP contribution in [0.4, 0.5) is 4.79 Å². The van der Waals surface area contributed by atoms with Gasteiger partial charge in [-0.1, -0.05) is 41.9 Å². The van der Waals surface area contributed by atoms with Gasteiger partial charge in [0.25, 0.3) is 11.1 Å². The van der Waals surface area contributed by atoms with Crippen molar-refractivity contribution in [1.82, 2.24) is 4.90 Å². The summed E-state index contributed by atoms with van der Waals surface area (Å²) in [5.74, 6) is -0.300. The number of hydrogen-bond acceptors (Lipinski definition) is 6. The zero-order chi connectivity index (χ0) is 24.2. The lowest BCUT2D eigenvalue weighted by Crippen LogP contribution is -2.27. The Kier molecular flexibility index (Phi) is 7.60. The lowest BCUT2D eigenvalue weighted by molar-refractivity contribution is -0.123. The first-order valence-electron chi connectivity index (χ1n) is 10.0. The lowest BCUT2D eigenvalue weighted by atomic mass is 10.1. The summed E-state index contributed by atoms with van der Waals surface area (Å²) in [6, 6.07) is 19.0. The van der Waals surface area contributed by atoms with E-state index >= 15 is 0 Å². The van der Waals surface area contributed by atoms with Crippen LogP contribution in [0, 0.1) is 3.57 Å². The van der Waals surface area contributed by atoms with E-state index in [2.05, 4.69) is 22.6 Å². The molecule has 0 unspecified atom stereocenters. The molecular formula is C25H17ClINO5S. The van der Waals surface area contributed by atoms with E-state index in [1.165, 1.54) is 12.0 Å². The molecule has 3 aromatic carbocycles. The quantitative estimate of drug-likeness (QED) is 0.140. The van der Waals surface area contributed by atoms with Crippen molar-refractivity contribution >= 4 is 69.1 Å². The molecule has 0 spiro atoms. The third kappa shape index (κ3) is 5.45. The van der Waals surface area contributed by atoms with Crippen LogP contribution in [0.5, 0.6) is 11.5 Å². The van der Waals surface area contributed by atoms with Gasteiger partial charge in [-0.2, -0.15) is 0 Å². The normalized spacial score (nSPS) is 14.6. The molecule has 172 valence electrons. The van der Waals surface area contributed by atoms with Gasteiger partial charge in [-0.05, 0) is 88.0 Å². The minimum Gasteiger partial charge on any atom is -0.493 e. The van der Waals surface area contributed by atoms with E-state index < -0.39 is 5.97 Å². The molecule has 0 saturated carbocycles. The van der Waals surface area contributed by atoms with Gasteiger partial charge in [-0.15, -0.1) is 0 Å². The van der Waals surface area contributed by atoms with Crippen LogP contribution in [0.1, 0.15) is 21.5 Å². The van der Waals surface area contributed by atoms with Crippen molar-refractivity contribution in [2.45, 2.75) is 6.54 Å². The van der Waals surface area contributed by atoms with Gasteiger partial charge in [0.1, 0.15) is 0 Å². The summed E-state index contributed by atoms with van der Waals surface area (Å²) < 4.78 is 11.7. The second kappa shape index (κ2) is 10.6. The lowest BCUT2D eigenvalue weighted by Gasteiger charge is -2.12. The van der Waals surface area contributed by atoms with Crippen molar-refractivity contribution in [1.29, 1.82) is 0 Å². The molecule has 1 aliphatic rings. The van der Waals surface area contributed by atoms with Crippen LogP contribution >= 0.6 is 46.0 Å². The highest BCUT2D eigenvalue weighted by atomic mass is 127. The van der Waals surface area contributed by atoms with Crippen LogP contribution < -0.4 is 9.47 Å². The van der Waals surface area contributed by atoms with E-state index in [0.29, 0.717) is 26.8 Å². The maximum atomic E-state index is 12.8. The zero-order valence-corrected chi connectivity index (χ0v) is 21.5. The van der Waals surface area contributed by atoms with Crippen molar-refractivity contribution in [3.05, 3.63) is 96.9 Å². The molecule has 3 aromatic rings. The number of imide groups is 1.